The van der Waals surface area contributed by atoms with Gasteiger partial charge in [-0.3, -0.25) is 25.2 Å². The quantitative estimate of drug-likeness (QED) is 0.636. The molecular formula is C21H22N4O4. The van der Waals surface area contributed by atoms with Crippen LogP contribution < -0.4 is 21.1 Å². The van der Waals surface area contributed by atoms with Gasteiger partial charge in [-0.25, -0.2) is 4.68 Å². The molecule has 0 saturated carbocycles. The molecule has 1 heterocycles. The summed E-state index contributed by atoms with van der Waals surface area (Å²) in [5.41, 5.74) is 6.94. The highest BCUT2D eigenvalue weighted by Gasteiger charge is 2.13. The van der Waals surface area contributed by atoms with Gasteiger partial charge in [-0.05, 0) is 43.2 Å². The second-order valence-corrected chi connectivity index (χ2v) is 6.81. The number of carbonyl (C=O) groups is 2. The first-order valence-corrected chi connectivity index (χ1v) is 9.07. The Bertz CT molecular complexity index is 1120. The van der Waals surface area contributed by atoms with E-state index in [9.17, 15) is 14.4 Å². The number of carbonyl (C=O) groups excluding carboxylic acids is 2. The molecule has 0 aliphatic carbocycles. The highest BCUT2D eigenvalue weighted by molar-refractivity contribution is 5.89. The molecule has 150 valence electrons. The fourth-order valence-electron chi connectivity index (χ4n) is 3.04. The summed E-state index contributed by atoms with van der Waals surface area (Å²) in [7, 11) is 1.53. The zero-order chi connectivity index (χ0) is 21.0. The summed E-state index contributed by atoms with van der Waals surface area (Å²) < 4.78 is 6.65. The van der Waals surface area contributed by atoms with Gasteiger partial charge in [0.2, 0.25) is 5.91 Å². The highest BCUT2D eigenvalue weighted by atomic mass is 16.5. The zero-order valence-electron chi connectivity index (χ0n) is 16.5. The summed E-state index contributed by atoms with van der Waals surface area (Å²) in [6.45, 7) is 3.65. The van der Waals surface area contributed by atoms with Crippen LogP contribution in [-0.4, -0.2) is 28.2 Å². The van der Waals surface area contributed by atoms with Crippen molar-refractivity contribution in [3.05, 3.63) is 69.6 Å². The Morgan fingerprint density at radius 2 is 1.62 bits per heavy atom. The summed E-state index contributed by atoms with van der Waals surface area (Å²) in [5, 5.41) is 5.26. The van der Waals surface area contributed by atoms with E-state index in [1.165, 1.54) is 11.7 Å². The van der Waals surface area contributed by atoms with Crippen LogP contribution in [0.15, 0.2) is 47.3 Å². The molecule has 3 rings (SSSR count). The molecule has 1 aromatic heterocycles. The van der Waals surface area contributed by atoms with Crippen molar-refractivity contribution in [1.82, 2.24) is 20.6 Å². The average Bonchev–Trinajstić information content (AvgIpc) is 2.68. The number of benzene rings is 2. The van der Waals surface area contributed by atoms with Crippen LogP contribution >= 0.6 is 0 Å². The van der Waals surface area contributed by atoms with Crippen molar-refractivity contribution >= 4 is 22.6 Å². The molecular weight excluding hydrogens is 372 g/mol. The van der Waals surface area contributed by atoms with Crippen molar-refractivity contribution in [1.29, 1.82) is 0 Å². The molecule has 0 unspecified atom stereocenters. The number of hydrazine groups is 1. The van der Waals surface area contributed by atoms with Crippen LogP contribution in [0.25, 0.3) is 10.8 Å². The molecule has 29 heavy (non-hydrogen) atoms. The van der Waals surface area contributed by atoms with Crippen LogP contribution in [0.1, 0.15) is 16.8 Å². The molecule has 2 amide bonds. The fraction of sp³-hybridized carbons (Fsp3) is 0.238. The van der Waals surface area contributed by atoms with Crippen LogP contribution in [0.3, 0.4) is 0 Å². The molecule has 8 heteroatoms. The molecule has 0 radical (unpaired) electrons. The number of hydrogen-bond acceptors (Lipinski definition) is 5. The van der Waals surface area contributed by atoms with Crippen LogP contribution in [0.2, 0.25) is 0 Å². The first kappa shape index (κ1) is 20.1. The fourth-order valence-corrected chi connectivity index (χ4v) is 3.04. The minimum atomic E-state index is -0.490. The molecule has 8 nitrogen and oxygen atoms in total. The second kappa shape index (κ2) is 8.55. The third-order valence-corrected chi connectivity index (χ3v) is 4.27. The normalized spacial score (nSPS) is 10.6. The minimum Gasteiger partial charge on any atom is -0.484 e. The maximum Gasteiger partial charge on any atom is 0.276 e. The molecule has 0 atom stereocenters. The van der Waals surface area contributed by atoms with Gasteiger partial charge in [0.1, 0.15) is 5.75 Å². The average molecular weight is 394 g/mol. The van der Waals surface area contributed by atoms with Crippen LogP contribution in [0, 0.1) is 13.8 Å². The lowest BCUT2D eigenvalue weighted by molar-refractivity contribution is -0.129. The van der Waals surface area contributed by atoms with Gasteiger partial charge in [0.25, 0.3) is 11.5 Å². The highest BCUT2D eigenvalue weighted by Crippen LogP contribution is 2.16. The second-order valence-electron chi connectivity index (χ2n) is 6.81. The Hall–Kier alpha value is -3.68. The van der Waals surface area contributed by atoms with E-state index in [0.717, 1.165) is 11.1 Å². The largest absolute Gasteiger partial charge is 0.484 e. The predicted octanol–water partition coefficient (Wildman–Crippen LogP) is 1.32. The van der Waals surface area contributed by atoms with E-state index in [1.807, 2.05) is 32.0 Å². The lowest BCUT2D eigenvalue weighted by Crippen LogP contribution is -2.44. The Labute approximate surface area is 167 Å². The molecule has 2 aromatic carbocycles. The Morgan fingerprint density at radius 3 is 2.31 bits per heavy atom. The van der Waals surface area contributed by atoms with E-state index >= 15 is 0 Å². The summed E-state index contributed by atoms with van der Waals surface area (Å²) in [6.07, 6.45) is -0.0904. The van der Waals surface area contributed by atoms with Gasteiger partial charge >= 0.3 is 0 Å². The number of fused-ring (bicyclic) bond motifs is 1. The number of hydrogen-bond donors (Lipinski definition) is 2. The van der Waals surface area contributed by atoms with Gasteiger partial charge < -0.3 is 4.74 Å². The van der Waals surface area contributed by atoms with Gasteiger partial charge in [-0.1, -0.05) is 24.3 Å². The van der Waals surface area contributed by atoms with E-state index in [4.69, 9.17) is 4.74 Å². The lowest BCUT2D eigenvalue weighted by Gasteiger charge is -2.11. The van der Waals surface area contributed by atoms with Gasteiger partial charge in [-0.15, -0.1) is 0 Å². The van der Waals surface area contributed by atoms with Crippen molar-refractivity contribution in [2.45, 2.75) is 20.3 Å². The molecule has 0 bridgehead atoms. The lowest BCUT2D eigenvalue weighted by atomic mass is 10.1. The molecule has 3 aromatic rings. The summed E-state index contributed by atoms with van der Waals surface area (Å²) in [4.78, 5) is 36.3. The summed E-state index contributed by atoms with van der Waals surface area (Å²) in [5.74, 6) is -0.360. The zero-order valence-corrected chi connectivity index (χ0v) is 16.5. The van der Waals surface area contributed by atoms with E-state index in [-0.39, 0.29) is 18.6 Å². The van der Waals surface area contributed by atoms with Crippen LogP contribution in [0.5, 0.6) is 5.75 Å². The van der Waals surface area contributed by atoms with Crippen molar-refractivity contribution in [2.75, 3.05) is 6.61 Å². The van der Waals surface area contributed by atoms with E-state index < -0.39 is 11.8 Å². The molecule has 0 saturated heterocycles. The Balaban J connectivity index is 1.57. The molecule has 0 aliphatic rings. The first-order chi connectivity index (χ1) is 13.8. The van der Waals surface area contributed by atoms with Crippen LogP contribution in [0.4, 0.5) is 0 Å². The minimum absolute atomic E-state index is 0.0904. The maximum atomic E-state index is 12.2. The van der Waals surface area contributed by atoms with Gasteiger partial charge in [0.05, 0.1) is 17.5 Å². The number of amides is 2. The van der Waals surface area contributed by atoms with Crippen molar-refractivity contribution in [3.63, 3.8) is 0 Å². The van der Waals surface area contributed by atoms with E-state index in [1.54, 1.807) is 24.3 Å². The number of aromatic nitrogens is 2. The Kier molecular flexibility index (Phi) is 5.92. The van der Waals surface area contributed by atoms with Crippen molar-refractivity contribution in [3.8, 4) is 5.75 Å². The van der Waals surface area contributed by atoms with E-state index in [2.05, 4.69) is 16.0 Å². The SMILES string of the molecule is Cc1cc(C)cc(OCC(=O)NNC(=O)Cc2nn(C)c(=O)c3ccccc23)c1. The standard InChI is InChI=1S/C21H22N4O4/c1-13-8-14(2)10-15(9-13)29-12-20(27)23-22-19(26)11-18-16-6-4-5-7-17(16)21(28)25(3)24-18/h4-10H,11-12H2,1-3H3,(H,22,26)(H,23,27). The topological polar surface area (TPSA) is 102 Å². The number of rotatable bonds is 5. The summed E-state index contributed by atoms with van der Waals surface area (Å²) >= 11 is 0. The molecule has 0 fully saturated rings. The molecule has 0 spiro atoms. The Morgan fingerprint density at radius 1 is 1.00 bits per heavy atom. The predicted molar refractivity (Wildman–Crippen MR) is 108 cm³/mol. The monoisotopic (exact) mass is 394 g/mol. The van der Waals surface area contributed by atoms with Crippen molar-refractivity contribution < 1.29 is 14.3 Å². The van der Waals surface area contributed by atoms with Gasteiger partial charge in [0, 0.05) is 12.4 Å². The number of ether oxygens (including phenoxy) is 1. The van der Waals surface area contributed by atoms with Gasteiger partial charge in [-0.2, -0.15) is 5.10 Å². The van der Waals surface area contributed by atoms with Crippen molar-refractivity contribution in [2.24, 2.45) is 7.05 Å². The number of nitrogens with zero attached hydrogens (tertiary/aromatic N) is 2. The third-order valence-electron chi connectivity index (χ3n) is 4.27. The number of nitrogens with one attached hydrogen (secondary N) is 2. The number of aryl methyl sites for hydroxylation is 3. The maximum absolute atomic E-state index is 12.2. The summed E-state index contributed by atoms with van der Waals surface area (Å²) in [6, 6.07) is 12.6. The van der Waals surface area contributed by atoms with E-state index in [0.29, 0.717) is 22.2 Å². The smallest absolute Gasteiger partial charge is 0.276 e. The first-order valence-electron chi connectivity index (χ1n) is 9.07. The van der Waals surface area contributed by atoms with Gasteiger partial charge in [0.15, 0.2) is 6.61 Å². The third kappa shape index (κ3) is 4.98. The molecule has 0 aliphatic heterocycles. The molecule has 2 N–H and O–H groups in total. The van der Waals surface area contributed by atoms with Crippen LogP contribution in [-0.2, 0) is 23.1 Å².